The van der Waals surface area contributed by atoms with Crippen LogP contribution in [0.4, 0.5) is 4.39 Å². The van der Waals surface area contributed by atoms with Crippen molar-refractivity contribution in [3.8, 4) is 0 Å². The fourth-order valence-electron chi connectivity index (χ4n) is 1.90. The van der Waals surface area contributed by atoms with Crippen molar-refractivity contribution in [1.82, 2.24) is 9.55 Å². The van der Waals surface area contributed by atoms with Gasteiger partial charge in [-0.3, -0.25) is 0 Å². The monoisotopic (exact) mass is 233 g/mol. The van der Waals surface area contributed by atoms with E-state index in [4.69, 9.17) is 5.73 Å². The molecule has 0 aliphatic carbocycles. The Kier molecular flexibility index (Phi) is 3.54. The molecule has 0 aliphatic heterocycles. The second kappa shape index (κ2) is 5.10. The summed E-state index contributed by atoms with van der Waals surface area (Å²) in [6, 6.07) is 6.04. The van der Waals surface area contributed by atoms with Gasteiger partial charge in [-0.15, -0.1) is 0 Å². The third-order valence-corrected chi connectivity index (χ3v) is 2.73. The van der Waals surface area contributed by atoms with Crippen molar-refractivity contribution in [2.24, 2.45) is 5.73 Å². The highest BCUT2D eigenvalue weighted by molar-refractivity contribution is 5.26. The van der Waals surface area contributed by atoms with Crippen molar-refractivity contribution in [2.45, 2.75) is 25.9 Å². The summed E-state index contributed by atoms with van der Waals surface area (Å²) in [6.07, 6.45) is 4.57. The van der Waals surface area contributed by atoms with Crippen LogP contribution in [-0.2, 0) is 6.54 Å². The van der Waals surface area contributed by atoms with E-state index < -0.39 is 6.04 Å². The summed E-state index contributed by atoms with van der Waals surface area (Å²) in [5.74, 6) is 0.419. The van der Waals surface area contributed by atoms with Crippen molar-refractivity contribution < 1.29 is 4.39 Å². The lowest BCUT2D eigenvalue weighted by molar-refractivity contribution is 0.571. The highest BCUT2D eigenvalue weighted by Gasteiger charge is 2.17. The molecule has 0 fully saturated rings. The number of nitrogens with zero attached hydrogens (tertiary/aromatic N) is 2. The molecule has 0 amide bonds. The topological polar surface area (TPSA) is 43.8 Å². The highest BCUT2D eigenvalue weighted by Crippen LogP contribution is 2.20. The van der Waals surface area contributed by atoms with Gasteiger partial charge in [0.1, 0.15) is 11.6 Å². The van der Waals surface area contributed by atoms with E-state index in [1.807, 2.05) is 10.8 Å². The van der Waals surface area contributed by atoms with E-state index in [9.17, 15) is 4.39 Å². The average molecular weight is 233 g/mol. The van der Waals surface area contributed by atoms with Gasteiger partial charge >= 0.3 is 0 Å². The maximum absolute atomic E-state index is 13.6. The normalized spacial score (nSPS) is 12.6. The van der Waals surface area contributed by atoms with Gasteiger partial charge in [0.05, 0.1) is 6.04 Å². The van der Waals surface area contributed by atoms with E-state index >= 15 is 0 Å². The Morgan fingerprint density at radius 1 is 1.41 bits per heavy atom. The summed E-state index contributed by atoms with van der Waals surface area (Å²) in [4.78, 5) is 4.22. The van der Waals surface area contributed by atoms with Gasteiger partial charge in [-0.2, -0.15) is 0 Å². The summed E-state index contributed by atoms with van der Waals surface area (Å²) in [7, 11) is 0. The minimum Gasteiger partial charge on any atom is -0.333 e. The lowest BCUT2D eigenvalue weighted by Gasteiger charge is -2.14. The first kappa shape index (κ1) is 11.8. The molecule has 0 bridgehead atoms. The van der Waals surface area contributed by atoms with Crippen LogP contribution in [0.1, 0.15) is 30.8 Å². The molecule has 0 saturated carbocycles. The van der Waals surface area contributed by atoms with Crippen molar-refractivity contribution in [1.29, 1.82) is 0 Å². The average Bonchev–Trinajstić information content (AvgIpc) is 2.78. The molecule has 1 heterocycles. The number of aromatic nitrogens is 2. The molecular weight excluding hydrogens is 217 g/mol. The quantitative estimate of drug-likeness (QED) is 0.881. The molecule has 1 atom stereocenters. The zero-order chi connectivity index (χ0) is 12.3. The molecular formula is C13H16FN3. The van der Waals surface area contributed by atoms with Crippen molar-refractivity contribution in [2.75, 3.05) is 0 Å². The van der Waals surface area contributed by atoms with E-state index in [1.165, 1.54) is 6.07 Å². The van der Waals surface area contributed by atoms with E-state index in [-0.39, 0.29) is 5.82 Å². The Morgan fingerprint density at radius 3 is 2.88 bits per heavy atom. The van der Waals surface area contributed by atoms with E-state index in [2.05, 4.69) is 11.9 Å². The summed E-state index contributed by atoms with van der Waals surface area (Å²) in [5.41, 5.74) is 6.55. The lowest BCUT2D eigenvalue weighted by atomic mass is 10.1. The van der Waals surface area contributed by atoms with Gasteiger partial charge in [0, 0.05) is 24.5 Å². The minimum atomic E-state index is -0.516. The smallest absolute Gasteiger partial charge is 0.130 e. The van der Waals surface area contributed by atoms with Crippen molar-refractivity contribution >= 4 is 0 Å². The first-order valence-electron chi connectivity index (χ1n) is 5.75. The minimum absolute atomic E-state index is 0.286. The number of imidazole rings is 1. The van der Waals surface area contributed by atoms with E-state index in [1.54, 1.807) is 24.4 Å². The molecule has 0 aliphatic rings. The van der Waals surface area contributed by atoms with Crippen LogP contribution in [-0.4, -0.2) is 9.55 Å². The first-order valence-corrected chi connectivity index (χ1v) is 5.75. The van der Waals surface area contributed by atoms with Gasteiger partial charge in [-0.05, 0) is 12.5 Å². The second-order valence-corrected chi connectivity index (χ2v) is 3.98. The fourth-order valence-corrected chi connectivity index (χ4v) is 1.90. The first-order chi connectivity index (χ1) is 8.24. The summed E-state index contributed by atoms with van der Waals surface area (Å²) in [6.45, 7) is 2.93. The Morgan fingerprint density at radius 2 is 2.18 bits per heavy atom. The Bertz CT molecular complexity index is 493. The molecule has 90 valence electrons. The molecule has 0 radical (unpaired) electrons. The van der Waals surface area contributed by atoms with Crippen LogP contribution in [0.25, 0.3) is 0 Å². The third-order valence-electron chi connectivity index (χ3n) is 2.73. The van der Waals surface area contributed by atoms with Crippen LogP contribution in [0.5, 0.6) is 0 Å². The molecule has 1 aromatic heterocycles. The molecule has 2 rings (SSSR count). The largest absolute Gasteiger partial charge is 0.333 e. The number of hydrogen-bond donors (Lipinski definition) is 1. The van der Waals surface area contributed by atoms with E-state index in [0.717, 1.165) is 13.0 Å². The van der Waals surface area contributed by atoms with Crippen LogP contribution in [0, 0.1) is 5.82 Å². The Hall–Kier alpha value is -1.68. The molecule has 17 heavy (non-hydrogen) atoms. The van der Waals surface area contributed by atoms with Gasteiger partial charge in [0.15, 0.2) is 0 Å². The second-order valence-electron chi connectivity index (χ2n) is 3.98. The standard InChI is InChI=1S/C13H16FN3/c1-2-8-17-9-7-16-13(17)12(15)10-5-3-4-6-11(10)14/h3-7,9,12H,2,8,15H2,1H3. The SMILES string of the molecule is CCCn1ccnc1C(N)c1ccccc1F. The van der Waals surface area contributed by atoms with E-state index in [0.29, 0.717) is 11.4 Å². The molecule has 4 heteroatoms. The van der Waals surface area contributed by atoms with Gasteiger partial charge in [0.2, 0.25) is 0 Å². The Labute approximate surface area is 100 Å². The number of rotatable bonds is 4. The Balaban J connectivity index is 2.34. The lowest BCUT2D eigenvalue weighted by Crippen LogP contribution is -2.19. The molecule has 1 unspecified atom stereocenters. The number of hydrogen-bond acceptors (Lipinski definition) is 2. The van der Waals surface area contributed by atoms with Crippen molar-refractivity contribution in [3.63, 3.8) is 0 Å². The summed E-state index contributed by atoms with van der Waals surface area (Å²) in [5, 5.41) is 0. The third kappa shape index (κ3) is 2.36. The van der Waals surface area contributed by atoms with Gasteiger partial charge in [-0.25, -0.2) is 9.37 Å². The van der Waals surface area contributed by atoms with Crippen LogP contribution >= 0.6 is 0 Å². The van der Waals surface area contributed by atoms with Gasteiger partial charge in [0.25, 0.3) is 0 Å². The fraction of sp³-hybridized carbons (Fsp3) is 0.308. The molecule has 0 spiro atoms. The van der Waals surface area contributed by atoms with Gasteiger partial charge < -0.3 is 10.3 Å². The summed E-state index contributed by atoms with van der Waals surface area (Å²) < 4.78 is 15.6. The maximum atomic E-state index is 13.6. The van der Waals surface area contributed by atoms with Crippen LogP contribution in [0.15, 0.2) is 36.7 Å². The maximum Gasteiger partial charge on any atom is 0.130 e. The number of halogens is 1. The zero-order valence-electron chi connectivity index (χ0n) is 9.81. The van der Waals surface area contributed by atoms with Gasteiger partial charge in [-0.1, -0.05) is 25.1 Å². The van der Waals surface area contributed by atoms with Crippen LogP contribution in [0.2, 0.25) is 0 Å². The molecule has 2 N–H and O–H groups in total. The number of nitrogens with two attached hydrogens (primary N) is 1. The highest BCUT2D eigenvalue weighted by atomic mass is 19.1. The molecule has 3 nitrogen and oxygen atoms in total. The van der Waals surface area contributed by atoms with Crippen molar-refractivity contribution in [3.05, 3.63) is 53.9 Å². The predicted octanol–water partition coefficient (Wildman–Crippen LogP) is 2.48. The number of benzene rings is 1. The number of aryl methyl sites for hydroxylation is 1. The molecule has 1 aromatic carbocycles. The molecule has 0 saturated heterocycles. The predicted molar refractivity (Wildman–Crippen MR) is 64.9 cm³/mol. The van der Waals surface area contributed by atoms with Crippen LogP contribution < -0.4 is 5.73 Å². The molecule has 2 aromatic rings. The zero-order valence-corrected chi connectivity index (χ0v) is 9.81. The summed E-state index contributed by atoms with van der Waals surface area (Å²) >= 11 is 0. The van der Waals surface area contributed by atoms with Crippen LogP contribution in [0.3, 0.4) is 0 Å².